The van der Waals surface area contributed by atoms with Crippen LogP contribution in [0.3, 0.4) is 0 Å². The summed E-state index contributed by atoms with van der Waals surface area (Å²) in [6, 6.07) is 8.38. The molecular formula is C31H38Cl2N6O7. The van der Waals surface area contributed by atoms with Crippen LogP contribution < -0.4 is 20.9 Å². The lowest BCUT2D eigenvalue weighted by molar-refractivity contribution is 0.0428. The number of halogens is 2. The molecule has 1 aromatic heterocycles. The molecule has 4 N–H and O–H groups in total. The Morgan fingerprint density at radius 2 is 1.63 bits per heavy atom. The predicted octanol–water partition coefficient (Wildman–Crippen LogP) is 7.55. The maximum Gasteiger partial charge on any atom is 0.432 e. The van der Waals surface area contributed by atoms with E-state index in [0.717, 1.165) is 31.4 Å². The molecule has 1 unspecified atom stereocenters. The standard InChI is InChI=1S/C31H38Cl2N6O7/c1-30(2,3)45-28(43)38(29(44)46-31(4,5)6)25-19-16-18(11-13-23(19)39(37-25)27(41)42)35-26(40)36-24(22-9-7-8-14-34-22)17-10-12-20(32)21(33)15-17/h10-13,15-16,22,24,34H,7-9,14H2,1-6H3,(H,41,42)(H2,35,36,40)/t22-,24?/m0/s1. The van der Waals surface area contributed by atoms with Gasteiger partial charge in [0, 0.05) is 17.1 Å². The first kappa shape index (κ1) is 34.8. The molecule has 46 heavy (non-hydrogen) atoms. The summed E-state index contributed by atoms with van der Waals surface area (Å²) < 4.78 is 11.5. The van der Waals surface area contributed by atoms with E-state index in [9.17, 15) is 24.3 Å². The summed E-state index contributed by atoms with van der Waals surface area (Å²) in [4.78, 5) is 52.7. The molecule has 0 bridgehead atoms. The van der Waals surface area contributed by atoms with Crippen molar-refractivity contribution in [2.24, 2.45) is 0 Å². The average molecular weight is 678 g/mol. The minimum Gasteiger partial charge on any atom is -0.463 e. The zero-order chi connectivity index (χ0) is 34.0. The number of carboxylic acid groups (broad SMARTS) is 1. The molecule has 2 atom stereocenters. The second-order valence-electron chi connectivity index (χ2n) is 12.9. The quantitative estimate of drug-likeness (QED) is 0.213. The number of hydrogen-bond acceptors (Lipinski definition) is 8. The molecule has 1 aliphatic rings. The van der Waals surface area contributed by atoms with Gasteiger partial charge in [0.1, 0.15) is 11.2 Å². The molecule has 2 aromatic carbocycles. The molecule has 15 heteroatoms. The van der Waals surface area contributed by atoms with Gasteiger partial charge < -0.3 is 30.5 Å². The molecule has 248 valence electrons. The third kappa shape index (κ3) is 8.59. The zero-order valence-electron chi connectivity index (χ0n) is 26.4. The van der Waals surface area contributed by atoms with Crippen LogP contribution in [0.2, 0.25) is 10.0 Å². The van der Waals surface area contributed by atoms with E-state index in [4.69, 9.17) is 32.7 Å². The Hall–Kier alpha value is -4.07. The topological polar surface area (TPSA) is 164 Å². The number of fused-ring (bicyclic) bond motifs is 1. The highest BCUT2D eigenvalue weighted by molar-refractivity contribution is 6.42. The molecule has 3 aromatic rings. The number of hydrogen-bond donors (Lipinski definition) is 4. The van der Waals surface area contributed by atoms with Crippen LogP contribution >= 0.6 is 23.2 Å². The lowest BCUT2D eigenvalue weighted by atomic mass is 9.92. The van der Waals surface area contributed by atoms with Gasteiger partial charge in [-0.15, -0.1) is 5.10 Å². The van der Waals surface area contributed by atoms with E-state index >= 15 is 0 Å². The largest absolute Gasteiger partial charge is 0.463 e. The molecule has 0 spiro atoms. The second kappa shape index (κ2) is 13.7. The Balaban J connectivity index is 1.71. The maximum atomic E-state index is 13.4. The molecule has 4 rings (SSSR count). The van der Waals surface area contributed by atoms with E-state index in [1.165, 1.54) is 18.2 Å². The molecule has 1 saturated heterocycles. The first-order chi connectivity index (χ1) is 21.4. The van der Waals surface area contributed by atoms with Crippen LogP contribution in [-0.2, 0) is 9.47 Å². The van der Waals surface area contributed by atoms with E-state index in [1.807, 2.05) is 0 Å². The number of anilines is 2. The summed E-state index contributed by atoms with van der Waals surface area (Å²) in [5, 5.41) is 24.0. The maximum absolute atomic E-state index is 13.4. The summed E-state index contributed by atoms with van der Waals surface area (Å²) >= 11 is 12.4. The van der Waals surface area contributed by atoms with Crippen molar-refractivity contribution >= 4 is 69.9 Å². The van der Waals surface area contributed by atoms with Gasteiger partial charge in [0.2, 0.25) is 0 Å². The van der Waals surface area contributed by atoms with Crippen molar-refractivity contribution in [1.29, 1.82) is 0 Å². The fourth-order valence-corrected chi connectivity index (χ4v) is 5.25. The Kier molecular flexibility index (Phi) is 10.4. The van der Waals surface area contributed by atoms with Crippen LogP contribution in [-0.4, -0.2) is 63.0 Å². The van der Waals surface area contributed by atoms with Gasteiger partial charge in [0.15, 0.2) is 5.82 Å². The van der Waals surface area contributed by atoms with Crippen molar-refractivity contribution in [3.05, 3.63) is 52.0 Å². The lowest BCUT2D eigenvalue weighted by Gasteiger charge is -2.32. The fraction of sp³-hybridized carbons (Fsp3) is 0.452. The Morgan fingerprint density at radius 1 is 0.978 bits per heavy atom. The van der Waals surface area contributed by atoms with E-state index in [-0.39, 0.29) is 28.5 Å². The number of carbonyl (C=O) groups is 4. The minimum atomic E-state index is -1.47. The van der Waals surface area contributed by atoms with Crippen molar-refractivity contribution in [2.75, 3.05) is 16.8 Å². The highest BCUT2D eigenvalue weighted by atomic mass is 35.5. The number of imide groups is 1. The summed E-state index contributed by atoms with van der Waals surface area (Å²) in [5.74, 6) is -0.356. The molecule has 1 fully saturated rings. The van der Waals surface area contributed by atoms with Crippen molar-refractivity contribution in [3.8, 4) is 0 Å². The van der Waals surface area contributed by atoms with Gasteiger partial charge in [0.25, 0.3) is 0 Å². The monoisotopic (exact) mass is 676 g/mol. The van der Waals surface area contributed by atoms with Gasteiger partial charge in [0.05, 0.1) is 21.6 Å². The van der Waals surface area contributed by atoms with Gasteiger partial charge in [-0.2, -0.15) is 9.58 Å². The summed E-state index contributed by atoms with van der Waals surface area (Å²) in [7, 11) is 0. The first-order valence-electron chi connectivity index (χ1n) is 14.7. The van der Waals surface area contributed by atoms with Crippen molar-refractivity contribution < 1.29 is 33.8 Å². The van der Waals surface area contributed by atoms with E-state index in [0.29, 0.717) is 19.6 Å². The van der Waals surface area contributed by atoms with Gasteiger partial charge >= 0.3 is 24.3 Å². The smallest absolute Gasteiger partial charge is 0.432 e. The van der Waals surface area contributed by atoms with Crippen LogP contribution in [0, 0.1) is 0 Å². The summed E-state index contributed by atoms with van der Waals surface area (Å²) in [6.45, 7) is 10.5. The predicted molar refractivity (Wildman–Crippen MR) is 175 cm³/mol. The Morgan fingerprint density at radius 3 is 2.17 bits per heavy atom. The second-order valence-corrected chi connectivity index (χ2v) is 13.7. The molecule has 1 aliphatic heterocycles. The Labute approximate surface area is 276 Å². The van der Waals surface area contributed by atoms with Gasteiger partial charge in [-0.05, 0) is 96.8 Å². The van der Waals surface area contributed by atoms with Crippen molar-refractivity contribution in [1.82, 2.24) is 20.4 Å². The van der Waals surface area contributed by atoms with Gasteiger partial charge in [-0.3, -0.25) is 0 Å². The van der Waals surface area contributed by atoms with Crippen LogP contribution in [0.4, 0.5) is 30.7 Å². The van der Waals surface area contributed by atoms with E-state index < -0.39 is 41.6 Å². The molecule has 0 saturated carbocycles. The molecule has 2 heterocycles. The van der Waals surface area contributed by atoms with E-state index in [1.54, 1.807) is 59.7 Å². The van der Waals surface area contributed by atoms with Crippen molar-refractivity contribution in [2.45, 2.75) is 84.1 Å². The normalized spacial score (nSPS) is 16.0. The average Bonchev–Trinajstić information content (AvgIpc) is 3.30. The first-order valence-corrected chi connectivity index (χ1v) is 15.5. The number of carbonyl (C=O) groups excluding carboxylic acids is 3. The van der Waals surface area contributed by atoms with E-state index in [2.05, 4.69) is 21.0 Å². The van der Waals surface area contributed by atoms with Crippen LogP contribution in [0.5, 0.6) is 0 Å². The summed E-state index contributed by atoms with van der Waals surface area (Å²) in [6.07, 6.45) is -0.893. The molecule has 0 radical (unpaired) electrons. The van der Waals surface area contributed by atoms with Crippen LogP contribution in [0.1, 0.15) is 72.4 Å². The molecule has 4 amide bonds. The number of nitrogens with one attached hydrogen (secondary N) is 3. The molecule has 0 aliphatic carbocycles. The van der Waals surface area contributed by atoms with Crippen LogP contribution in [0.15, 0.2) is 36.4 Å². The number of rotatable bonds is 5. The number of piperidine rings is 1. The van der Waals surface area contributed by atoms with Gasteiger partial charge in [-0.1, -0.05) is 35.7 Å². The van der Waals surface area contributed by atoms with Crippen molar-refractivity contribution in [3.63, 3.8) is 0 Å². The minimum absolute atomic E-state index is 0.0469. The van der Waals surface area contributed by atoms with Gasteiger partial charge in [-0.25, -0.2) is 19.2 Å². The Bertz CT molecular complexity index is 1610. The number of benzene rings is 2. The number of ether oxygens (including phenoxy) is 2. The highest BCUT2D eigenvalue weighted by Crippen LogP contribution is 2.33. The number of urea groups is 1. The summed E-state index contributed by atoms with van der Waals surface area (Å²) in [5.41, 5.74) is -0.981. The molecule has 13 nitrogen and oxygen atoms in total. The number of amides is 4. The third-order valence-electron chi connectivity index (χ3n) is 6.80. The van der Waals surface area contributed by atoms with Crippen LogP contribution in [0.25, 0.3) is 10.9 Å². The third-order valence-corrected chi connectivity index (χ3v) is 7.54. The SMILES string of the molecule is CC(C)(C)OC(=O)N(C(=O)OC(C)(C)C)c1nn(C(=O)O)c2ccc(NC(=O)NC(c3ccc(Cl)c(Cl)c3)[C@@H]3CCCCN3)cc12. The number of nitrogens with zero attached hydrogens (tertiary/aromatic N) is 3. The molecular weight excluding hydrogens is 639 g/mol. The highest BCUT2D eigenvalue weighted by Gasteiger charge is 2.36. The fourth-order valence-electron chi connectivity index (χ4n) is 4.95. The zero-order valence-corrected chi connectivity index (χ0v) is 28.0. The number of aromatic nitrogens is 2. The lowest BCUT2D eigenvalue weighted by Crippen LogP contribution is -2.47.